The van der Waals surface area contributed by atoms with Gasteiger partial charge in [0.05, 0.1) is 18.7 Å². The molecule has 2 aromatic carbocycles. The summed E-state index contributed by atoms with van der Waals surface area (Å²) in [5, 5.41) is 11.4. The average molecular weight is 434 g/mol. The first-order valence-corrected chi connectivity index (χ1v) is 11.4. The maximum Gasteiger partial charge on any atom is 0.295 e. The summed E-state index contributed by atoms with van der Waals surface area (Å²) in [5.74, 6) is -0.506. The predicted octanol–water partition coefficient (Wildman–Crippen LogP) is 5.37. The van der Waals surface area contributed by atoms with Crippen LogP contribution in [0.4, 0.5) is 0 Å². The van der Waals surface area contributed by atoms with Gasteiger partial charge >= 0.3 is 0 Å². The molecule has 2 fully saturated rings. The van der Waals surface area contributed by atoms with Crippen molar-refractivity contribution in [1.82, 2.24) is 4.90 Å². The number of likely N-dealkylation sites (tertiary alicyclic amines) is 1. The number of hydrogen-bond acceptors (Lipinski definition) is 4. The summed E-state index contributed by atoms with van der Waals surface area (Å²) in [6.07, 6.45) is 5.02. The van der Waals surface area contributed by atoms with Crippen molar-refractivity contribution in [2.75, 3.05) is 7.11 Å². The van der Waals surface area contributed by atoms with E-state index in [1.54, 1.807) is 12.0 Å². The summed E-state index contributed by atoms with van der Waals surface area (Å²) in [6.45, 7) is 5.76. The van der Waals surface area contributed by atoms with E-state index >= 15 is 0 Å². The molecule has 2 aromatic rings. The van der Waals surface area contributed by atoms with E-state index in [0.29, 0.717) is 5.56 Å². The van der Waals surface area contributed by atoms with Crippen LogP contribution in [0.5, 0.6) is 5.75 Å². The van der Waals surface area contributed by atoms with Gasteiger partial charge in [-0.3, -0.25) is 9.59 Å². The van der Waals surface area contributed by atoms with Gasteiger partial charge in [-0.1, -0.05) is 49.1 Å². The molecule has 1 aliphatic carbocycles. The van der Waals surface area contributed by atoms with Gasteiger partial charge in [0.1, 0.15) is 11.5 Å². The molecule has 32 heavy (non-hydrogen) atoms. The normalized spacial score (nSPS) is 21.2. The fourth-order valence-electron chi connectivity index (χ4n) is 5.16. The number of ketones is 1. The van der Waals surface area contributed by atoms with Crippen molar-refractivity contribution in [2.45, 2.75) is 65.0 Å². The monoisotopic (exact) mass is 433 g/mol. The van der Waals surface area contributed by atoms with Crippen LogP contribution in [0.2, 0.25) is 0 Å². The first-order valence-electron chi connectivity index (χ1n) is 11.4. The molecule has 5 nitrogen and oxygen atoms in total. The molecular formula is C27H31NO4. The van der Waals surface area contributed by atoms with Crippen molar-refractivity contribution in [2.24, 2.45) is 0 Å². The lowest BCUT2D eigenvalue weighted by Gasteiger charge is -2.35. The van der Waals surface area contributed by atoms with Crippen LogP contribution in [0.15, 0.2) is 42.0 Å². The third-order valence-electron chi connectivity index (χ3n) is 6.80. The van der Waals surface area contributed by atoms with E-state index in [1.807, 2.05) is 57.2 Å². The van der Waals surface area contributed by atoms with E-state index in [0.717, 1.165) is 60.1 Å². The number of aliphatic hydroxyl groups is 1. The molecule has 1 saturated heterocycles. The van der Waals surface area contributed by atoms with Crippen molar-refractivity contribution in [3.05, 3.63) is 69.8 Å². The molecule has 1 N–H and O–H groups in total. The molecular weight excluding hydrogens is 402 g/mol. The van der Waals surface area contributed by atoms with Gasteiger partial charge in [-0.2, -0.15) is 0 Å². The molecule has 4 rings (SSSR count). The van der Waals surface area contributed by atoms with Crippen LogP contribution in [-0.4, -0.2) is 34.8 Å². The van der Waals surface area contributed by atoms with Crippen LogP contribution < -0.4 is 4.74 Å². The zero-order chi connectivity index (χ0) is 23.0. The van der Waals surface area contributed by atoms with Crippen LogP contribution in [0.1, 0.15) is 66.0 Å². The van der Waals surface area contributed by atoms with Crippen molar-refractivity contribution in [3.63, 3.8) is 0 Å². The van der Waals surface area contributed by atoms with Gasteiger partial charge in [-0.05, 0) is 62.4 Å². The number of hydrogen-bond donors (Lipinski definition) is 1. The van der Waals surface area contributed by atoms with Gasteiger partial charge in [0.25, 0.3) is 11.7 Å². The number of aryl methyl sites for hydroxylation is 3. The maximum atomic E-state index is 13.3. The highest BCUT2D eigenvalue weighted by Crippen LogP contribution is 2.43. The van der Waals surface area contributed by atoms with Crippen molar-refractivity contribution < 1.29 is 19.4 Å². The highest BCUT2D eigenvalue weighted by Gasteiger charge is 2.49. The Morgan fingerprint density at radius 2 is 1.72 bits per heavy atom. The Bertz CT molecular complexity index is 1090. The van der Waals surface area contributed by atoms with Gasteiger partial charge in [0.15, 0.2) is 0 Å². The molecule has 0 bridgehead atoms. The molecule has 1 amide bonds. The second-order valence-corrected chi connectivity index (χ2v) is 9.05. The highest BCUT2D eigenvalue weighted by molar-refractivity contribution is 6.46. The smallest absolute Gasteiger partial charge is 0.295 e. The number of carbonyl (C=O) groups excluding carboxylic acids is 2. The molecule has 168 valence electrons. The summed E-state index contributed by atoms with van der Waals surface area (Å²) >= 11 is 0. The first kappa shape index (κ1) is 22.1. The number of benzene rings is 2. The zero-order valence-corrected chi connectivity index (χ0v) is 19.3. The Morgan fingerprint density at radius 3 is 2.38 bits per heavy atom. The Kier molecular flexibility index (Phi) is 6.09. The first-order chi connectivity index (χ1) is 15.3. The lowest BCUT2D eigenvalue weighted by molar-refractivity contribution is -0.141. The van der Waals surface area contributed by atoms with Crippen LogP contribution >= 0.6 is 0 Å². The number of ether oxygens (including phenoxy) is 1. The summed E-state index contributed by atoms with van der Waals surface area (Å²) in [7, 11) is 1.61. The zero-order valence-electron chi connectivity index (χ0n) is 19.3. The largest absolute Gasteiger partial charge is 0.507 e. The quantitative estimate of drug-likeness (QED) is 0.400. The maximum absolute atomic E-state index is 13.3. The molecule has 1 aliphatic heterocycles. The predicted molar refractivity (Wildman–Crippen MR) is 125 cm³/mol. The van der Waals surface area contributed by atoms with Crippen LogP contribution in [0.25, 0.3) is 5.76 Å². The highest BCUT2D eigenvalue weighted by atomic mass is 16.5. The minimum atomic E-state index is -0.604. The third-order valence-corrected chi connectivity index (χ3v) is 6.80. The molecule has 2 aliphatic rings. The molecule has 0 radical (unpaired) electrons. The van der Waals surface area contributed by atoms with E-state index in [4.69, 9.17) is 4.74 Å². The Hall–Kier alpha value is -3.08. The van der Waals surface area contributed by atoms with Crippen LogP contribution in [0, 0.1) is 20.8 Å². The van der Waals surface area contributed by atoms with E-state index in [1.165, 1.54) is 0 Å². The average Bonchev–Trinajstić information content (AvgIpc) is 3.06. The number of carbonyl (C=O) groups is 2. The molecule has 5 heteroatoms. The standard InChI is InChI=1S/C27H31NO4/c1-16-9-8-10-19(13-16)24-23(25(29)21-14-18(3)22(32-4)15-17(21)2)26(30)27(31)28(24)20-11-6-5-7-12-20/h8-10,13-15,20,24,29H,5-7,11-12H2,1-4H3/b25-23+. The lowest BCUT2D eigenvalue weighted by atomic mass is 9.90. The Labute approximate surface area is 189 Å². The summed E-state index contributed by atoms with van der Waals surface area (Å²) in [6, 6.07) is 11.0. The molecule has 1 saturated carbocycles. The minimum absolute atomic E-state index is 0.00899. The van der Waals surface area contributed by atoms with E-state index in [2.05, 4.69) is 0 Å². The summed E-state index contributed by atoms with van der Waals surface area (Å²) < 4.78 is 5.40. The number of nitrogens with zero attached hydrogens (tertiary/aromatic N) is 1. The number of methoxy groups -OCH3 is 1. The number of amides is 1. The number of rotatable bonds is 4. The van der Waals surface area contributed by atoms with Gasteiger partial charge in [-0.15, -0.1) is 0 Å². The second-order valence-electron chi connectivity index (χ2n) is 9.05. The van der Waals surface area contributed by atoms with Gasteiger partial charge in [-0.25, -0.2) is 0 Å². The van der Waals surface area contributed by atoms with Gasteiger partial charge in [0.2, 0.25) is 0 Å². The van der Waals surface area contributed by atoms with E-state index in [-0.39, 0.29) is 17.4 Å². The summed E-state index contributed by atoms with van der Waals surface area (Å²) in [5.41, 5.74) is 4.29. The van der Waals surface area contributed by atoms with Crippen molar-refractivity contribution in [1.29, 1.82) is 0 Å². The van der Waals surface area contributed by atoms with Crippen molar-refractivity contribution >= 4 is 17.4 Å². The number of aliphatic hydroxyl groups excluding tert-OH is 1. The Morgan fingerprint density at radius 1 is 1.00 bits per heavy atom. The Balaban J connectivity index is 1.91. The number of Topliss-reactive ketones (excluding diaryl/α,β-unsaturated/α-hetero) is 1. The minimum Gasteiger partial charge on any atom is -0.507 e. The third kappa shape index (κ3) is 3.81. The van der Waals surface area contributed by atoms with E-state index < -0.39 is 17.7 Å². The second kappa shape index (κ2) is 8.81. The lowest BCUT2D eigenvalue weighted by Crippen LogP contribution is -2.40. The molecule has 0 aromatic heterocycles. The van der Waals surface area contributed by atoms with Crippen LogP contribution in [0.3, 0.4) is 0 Å². The topological polar surface area (TPSA) is 66.8 Å². The van der Waals surface area contributed by atoms with Gasteiger partial charge in [0, 0.05) is 11.6 Å². The SMILES string of the molecule is COc1cc(C)c(/C(O)=C2\C(=O)C(=O)N(C3CCCCC3)C2c2cccc(C)c2)cc1C. The molecule has 1 atom stereocenters. The van der Waals surface area contributed by atoms with E-state index in [9.17, 15) is 14.7 Å². The molecule has 0 spiro atoms. The molecule has 1 heterocycles. The summed E-state index contributed by atoms with van der Waals surface area (Å²) in [4.78, 5) is 28.4. The molecule has 1 unspecified atom stereocenters. The van der Waals surface area contributed by atoms with Gasteiger partial charge < -0.3 is 14.7 Å². The van der Waals surface area contributed by atoms with Crippen molar-refractivity contribution in [3.8, 4) is 5.75 Å². The van der Waals surface area contributed by atoms with Crippen LogP contribution in [-0.2, 0) is 9.59 Å². The fourth-order valence-corrected chi connectivity index (χ4v) is 5.16. The fraction of sp³-hybridized carbons (Fsp3) is 0.407.